The van der Waals surface area contributed by atoms with Crippen molar-refractivity contribution in [1.82, 2.24) is 0 Å². The largest absolute Gasteiger partial charge is 0.481 e. The summed E-state index contributed by atoms with van der Waals surface area (Å²) < 4.78 is 10.1. The van der Waals surface area contributed by atoms with Crippen LogP contribution >= 0.6 is 11.6 Å². The molecule has 0 atom stereocenters. The van der Waals surface area contributed by atoms with Gasteiger partial charge in [0.15, 0.2) is 0 Å². The fourth-order valence-corrected chi connectivity index (χ4v) is 0.811. The van der Waals surface area contributed by atoms with Crippen LogP contribution in [0, 0.1) is 0 Å². The third-order valence-corrected chi connectivity index (χ3v) is 1.43. The van der Waals surface area contributed by atoms with Gasteiger partial charge in [-0.2, -0.15) is 0 Å². The van der Waals surface area contributed by atoms with Gasteiger partial charge in [-0.3, -0.25) is 4.79 Å². The predicted molar refractivity (Wildman–Crippen MR) is 49.2 cm³/mol. The molecule has 0 unspecified atom stereocenters. The fourth-order valence-electron chi connectivity index (χ4n) is 0.702. The van der Waals surface area contributed by atoms with E-state index < -0.39 is 5.97 Å². The Labute approximate surface area is 82.8 Å². The number of halogens is 1. The number of alkyl halides is 1. The van der Waals surface area contributed by atoms with E-state index in [1.54, 1.807) is 0 Å². The number of carboxylic acids is 1. The van der Waals surface area contributed by atoms with Gasteiger partial charge in [-0.1, -0.05) is 0 Å². The molecule has 1 N–H and O–H groups in total. The lowest BCUT2D eigenvalue weighted by Crippen LogP contribution is -2.07. The number of hydrogen-bond acceptors (Lipinski definition) is 3. The molecule has 0 radical (unpaired) electrons. The van der Waals surface area contributed by atoms with Crippen LogP contribution in [0.1, 0.15) is 12.8 Å². The Kier molecular flexibility index (Phi) is 9.53. The van der Waals surface area contributed by atoms with Crippen LogP contribution < -0.4 is 0 Å². The maximum Gasteiger partial charge on any atom is 0.303 e. The summed E-state index contributed by atoms with van der Waals surface area (Å²) in [7, 11) is 0. The lowest BCUT2D eigenvalue weighted by atomic mass is 10.3. The van der Waals surface area contributed by atoms with Gasteiger partial charge in [-0.05, 0) is 6.42 Å². The highest BCUT2D eigenvalue weighted by molar-refractivity contribution is 6.17. The van der Waals surface area contributed by atoms with Gasteiger partial charge in [0.25, 0.3) is 0 Å². The molecule has 5 heteroatoms. The summed E-state index contributed by atoms with van der Waals surface area (Å²) in [4.78, 5) is 10.1. The van der Waals surface area contributed by atoms with E-state index in [4.69, 9.17) is 26.2 Å². The SMILES string of the molecule is O=C(O)CCCOCCOCCCl. The summed E-state index contributed by atoms with van der Waals surface area (Å²) in [5.41, 5.74) is 0. The molecule has 13 heavy (non-hydrogen) atoms. The summed E-state index contributed by atoms with van der Waals surface area (Å²) in [5, 5.41) is 8.29. The molecule has 0 aromatic rings. The molecule has 0 aliphatic rings. The third kappa shape index (κ3) is 11.7. The molecule has 0 aromatic carbocycles. The number of carbonyl (C=O) groups is 1. The first-order valence-corrected chi connectivity index (χ1v) is 4.74. The average molecular weight is 211 g/mol. The highest BCUT2D eigenvalue weighted by Crippen LogP contribution is 1.90. The van der Waals surface area contributed by atoms with Crippen LogP contribution in [0.2, 0.25) is 0 Å². The highest BCUT2D eigenvalue weighted by Gasteiger charge is 1.95. The van der Waals surface area contributed by atoms with Crippen molar-refractivity contribution < 1.29 is 19.4 Å². The summed E-state index contributed by atoms with van der Waals surface area (Å²) in [6.45, 7) is 2.01. The van der Waals surface area contributed by atoms with E-state index in [0.29, 0.717) is 38.7 Å². The smallest absolute Gasteiger partial charge is 0.303 e. The van der Waals surface area contributed by atoms with Crippen molar-refractivity contribution in [2.75, 3.05) is 32.3 Å². The van der Waals surface area contributed by atoms with Crippen LogP contribution in [0.5, 0.6) is 0 Å². The molecule has 0 amide bonds. The molecule has 0 saturated heterocycles. The van der Waals surface area contributed by atoms with Crippen molar-refractivity contribution in [3.05, 3.63) is 0 Å². The van der Waals surface area contributed by atoms with E-state index in [0.717, 1.165) is 0 Å². The molecule has 0 heterocycles. The van der Waals surface area contributed by atoms with E-state index in [9.17, 15) is 4.79 Å². The van der Waals surface area contributed by atoms with Crippen molar-refractivity contribution in [1.29, 1.82) is 0 Å². The minimum Gasteiger partial charge on any atom is -0.481 e. The predicted octanol–water partition coefficient (Wildman–Crippen LogP) is 1.12. The maximum absolute atomic E-state index is 10.1. The van der Waals surface area contributed by atoms with Gasteiger partial charge in [0.2, 0.25) is 0 Å². The maximum atomic E-state index is 10.1. The molecule has 0 rings (SSSR count). The van der Waals surface area contributed by atoms with Gasteiger partial charge in [0.05, 0.1) is 19.8 Å². The standard InChI is InChI=1S/C8H15ClO4/c9-3-5-13-7-6-12-4-1-2-8(10)11/h1-7H2,(H,10,11). The molecule has 78 valence electrons. The lowest BCUT2D eigenvalue weighted by Gasteiger charge is -2.03. The number of hydrogen-bond donors (Lipinski definition) is 1. The van der Waals surface area contributed by atoms with Gasteiger partial charge >= 0.3 is 5.97 Å². The van der Waals surface area contributed by atoms with Gasteiger partial charge in [0.1, 0.15) is 0 Å². The van der Waals surface area contributed by atoms with Crippen molar-refractivity contribution in [3.8, 4) is 0 Å². The molecular formula is C8H15ClO4. The monoisotopic (exact) mass is 210 g/mol. The Morgan fingerprint density at radius 3 is 2.31 bits per heavy atom. The number of ether oxygens (including phenoxy) is 2. The van der Waals surface area contributed by atoms with E-state index in [2.05, 4.69) is 0 Å². The molecule has 0 aromatic heterocycles. The summed E-state index contributed by atoms with van der Waals surface area (Å²) >= 11 is 5.37. The van der Waals surface area contributed by atoms with Crippen LogP contribution in [0.3, 0.4) is 0 Å². The second-order valence-electron chi connectivity index (χ2n) is 2.41. The van der Waals surface area contributed by atoms with E-state index in [1.165, 1.54) is 0 Å². The van der Waals surface area contributed by atoms with Crippen LogP contribution in [0.4, 0.5) is 0 Å². The van der Waals surface area contributed by atoms with Crippen LogP contribution in [0.15, 0.2) is 0 Å². The first kappa shape index (κ1) is 12.7. The highest BCUT2D eigenvalue weighted by atomic mass is 35.5. The van der Waals surface area contributed by atoms with Crippen LogP contribution in [-0.4, -0.2) is 43.4 Å². The van der Waals surface area contributed by atoms with Crippen molar-refractivity contribution >= 4 is 17.6 Å². The minimum atomic E-state index is -0.790. The zero-order valence-electron chi connectivity index (χ0n) is 7.50. The van der Waals surface area contributed by atoms with E-state index in [-0.39, 0.29) is 6.42 Å². The molecule has 0 spiro atoms. The van der Waals surface area contributed by atoms with Crippen molar-refractivity contribution in [3.63, 3.8) is 0 Å². The normalized spacial score (nSPS) is 10.2. The minimum absolute atomic E-state index is 0.155. The quantitative estimate of drug-likeness (QED) is 0.458. The molecule has 0 aliphatic carbocycles. The number of carboxylic acid groups (broad SMARTS) is 1. The Morgan fingerprint density at radius 2 is 1.77 bits per heavy atom. The Bertz CT molecular complexity index is 129. The number of aliphatic carboxylic acids is 1. The lowest BCUT2D eigenvalue weighted by molar-refractivity contribution is -0.137. The molecule has 0 fully saturated rings. The van der Waals surface area contributed by atoms with Gasteiger partial charge in [-0.15, -0.1) is 11.6 Å². The second kappa shape index (κ2) is 9.77. The fraction of sp³-hybridized carbons (Fsp3) is 0.875. The Hall–Kier alpha value is -0.320. The number of rotatable bonds is 9. The Balaban J connectivity index is 2.87. The third-order valence-electron chi connectivity index (χ3n) is 1.27. The van der Waals surface area contributed by atoms with Crippen LogP contribution in [-0.2, 0) is 14.3 Å². The Morgan fingerprint density at radius 1 is 1.15 bits per heavy atom. The van der Waals surface area contributed by atoms with E-state index >= 15 is 0 Å². The summed E-state index contributed by atoms with van der Waals surface area (Å²) in [5.74, 6) is -0.305. The zero-order valence-corrected chi connectivity index (χ0v) is 8.26. The van der Waals surface area contributed by atoms with Crippen molar-refractivity contribution in [2.24, 2.45) is 0 Å². The van der Waals surface area contributed by atoms with Crippen LogP contribution in [0.25, 0.3) is 0 Å². The summed E-state index contributed by atoms with van der Waals surface area (Å²) in [6.07, 6.45) is 0.702. The van der Waals surface area contributed by atoms with Crippen molar-refractivity contribution in [2.45, 2.75) is 12.8 Å². The second-order valence-corrected chi connectivity index (χ2v) is 2.79. The molecule has 0 saturated carbocycles. The molecule has 0 aliphatic heterocycles. The first-order chi connectivity index (χ1) is 6.27. The zero-order chi connectivity index (χ0) is 9.94. The average Bonchev–Trinajstić information content (AvgIpc) is 2.09. The summed E-state index contributed by atoms with van der Waals surface area (Å²) in [6, 6.07) is 0. The molecular weight excluding hydrogens is 196 g/mol. The molecule has 0 bridgehead atoms. The van der Waals surface area contributed by atoms with Gasteiger partial charge in [-0.25, -0.2) is 0 Å². The topological polar surface area (TPSA) is 55.8 Å². The van der Waals surface area contributed by atoms with Gasteiger partial charge in [0, 0.05) is 18.9 Å². The first-order valence-electron chi connectivity index (χ1n) is 4.20. The molecule has 4 nitrogen and oxygen atoms in total. The van der Waals surface area contributed by atoms with E-state index in [1.807, 2.05) is 0 Å². The van der Waals surface area contributed by atoms with Gasteiger partial charge < -0.3 is 14.6 Å².